The Bertz CT molecular complexity index is 1090. The van der Waals surface area contributed by atoms with Crippen molar-refractivity contribution in [2.45, 2.75) is 6.54 Å². The third kappa shape index (κ3) is 2.91. The molecule has 26 heavy (non-hydrogen) atoms. The van der Waals surface area contributed by atoms with Crippen molar-refractivity contribution in [3.63, 3.8) is 0 Å². The van der Waals surface area contributed by atoms with Crippen molar-refractivity contribution in [2.75, 3.05) is 7.11 Å². The summed E-state index contributed by atoms with van der Waals surface area (Å²) in [6.07, 6.45) is 0. The maximum atomic E-state index is 9.04. The van der Waals surface area contributed by atoms with Gasteiger partial charge in [-0.05, 0) is 42.0 Å². The molecule has 4 aromatic rings. The van der Waals surface area contributed by atoms with Crippen molar-refractivity contribution in [3.8, 4) is 23.2 Å². The molecule has 0 aliphatic heterocycles. The van der Waals surface area contributed by atoms with Gasteiger partial charge in [0.15, 0.2) is 0 Å². The van der Waals surface area contributed by atoms with Crippen LogP contribution in [-0.2, 0) is 6.54 Å². The van der Waals surface area contributed by atoms with Gasteiger partial charge in [0.2, 0.25) is 0 Å². The van der Waals surface area contributed by atoms with Gasteiger partial charge in [0.25, 0.3) is 0 Å². The van der Waals surface area contributed by atoms with Gasteiger partial charge in [-0.25, -0.2) is 4.98 Å². The lowest BCUT2D eigenvalue weighted by Gasteiger charge is -2.10. The van der Waals surface area contributed by atoms with Gasteiger partial charge >= 0.3 is 0 Å². The number of benzene rings is 3. The van der Waals surface area contributed by atoms with E-state index in [1.807, 2.05) is 60.7 Å². The van der Waals surface area contributed by atoms with Crippen LogP contribution in [0.4, 0.5) is 0 Å². The van der Waals surface area contributed by atoms with Crippen molar-refractivity contribution < 1.29 is 4.74 Å². The highest BCUT2D eigenvalue weighted by Gasteiger charge is 2.14. The molecule has 0 aliphatic rings. The predicted octanol–water partition coefficient (Wildman–Crippen LogP) is 4.63. The molecule has 0 saturated heterocycles. The lowest BCUT2D eigenvalue weighted by Crippen LogP contribution is -2.02. The fraction of sp³-hybridized carbons (Fsp3) is 0.0909. The van der Waals surface area contributed by atoms with Crippen LogP contribution in [0.5, 0.6) is 5.75 Å². The summed E-state index contributed by atoms with van der Waals surface area (Å²) in [4.78, 5) is 4.83. The molecule has 3 aromatic carbocycles. The third-order valence-electron chi connectivity index (χ3n) is 4.41. The lowest BCUT2D eigenvalue weighted by atomic mass is 10.1. The molecule has 1 aromatic heterocycles. The first-order valence-corrected chi connectivity index (χ1v) is 8.37. The topological polar surface area (TPSA) is 50.8 Å². The van der Waals surface area contributed by atoms with Crippen LogP contribution in [0.3, 0.4) is 0 Å². The van der Waals surface area contributed by atoms with Crippen LogP contribution in [0, 0.1) is 11.3 Å². The molecule has 0 amide bonds. The average Bonchev–Trinajstić information content (AvgIpc) is 3.06. The zero-order chi connectivity index (χ0) is 17.9. The average molecular weight is 339 g/mol. The maximum Gasteiger partial charge on any atom is 0.141 e. The molecular weight excluding hydrogens is 322 g/mol. The van der Waals surface area contributed by atoms with E-state index in [2.05, 4.69) is 22.8 Å². The van der Waals surface area contributed by atoms with E-state index in [1.165, 1.54) is 5.56 Å². The van der Waals surface area contributed by atoms with Gasteiger partial charge in [-0.1, -0.05) is 30.3 Å². The summed E-state index contributed by atoms with van der Waals surface area (Å²) in [5.41, 5.74) is 4.76. The molecule has 0 spiro atoms. The molecule has 126 valence electrons. The standard InChI is InChI=1S/C22H17N3O/c1-26-19-11-12-20-21(13-19)25(15-17-5-3-2-4-6-17)22(24-20)18-9-7-16(14-23)8-10-18/h2-13H,15H2,1H3. The van der Waals surface area contributed by atoms with E-state index < -0.39 is 0 Å². The molecule has 0 atom stereocenters. The largest absolute Gasteiger partial charge is 0.497 e. The molecule has 4 heteroatoms. The number of nitrogens with zero attached hydrogens (tertiary/aromatic N) is 3. The third-order valence-corrected chi connectivity index (χ3v) is 4.41. The quantitative estimate of drug-likeness (QED) is 0.544. The van der Waals surface area contributed by atoms with Crippen LogP contribution < -0.4 is 4.74 Å². The molecular formula is C22H17N3O. The molecule has 0 unspecified atom stereocenters. The van der Waals surface area contributed by atoms with Crippen LogP contribution in [0.2, 0.25) is 0 Å². The van der Waals surface area contributed by atoms with Crippen molar-refractivity contribution in [1.29, 1.82) is 5.26 Å². The van der Waals surface area contributed by atoms with Gasteiger partial charge in [-0.15, -0.1) is 0 Å². The SMILES string of the molecule is COc1ccc2nc(-c3ccc(C#N)cc3)n(Cc3ccccc3)c2c1. The molecule has 0 radical (unpaired) electrons. The van der Waals surface area contributed by atoms with E-state index in [0.29, 0.717) is 12.1 Å². The summed E-state index contributed by atoms with van der Waals surface area (Å²) in [6, 6.07) is 25.9. The van der Waals surface area contributed by atoms with E-state index in [-0.39, 0.29) is 0 Å². The van der Waals surface area contributed by atoms with Crippen LogP contribution in [0.25, 0.3) is 22.4 Å². The molecule has 0 saturated carbocycles. The van der Waals surface area contributed by atoms with E-state index in [0.717, 1.165) is 28.2 Å². The molecule has 0 fully saturated rings. The molecule has 1 heterocycles. The highest BCUT2D eigenvalue weighted by atomic mass is 16.5. The summed E-state index contributed by atoms with van der Waals surface area (Å²) in [6.45, 7) is 0.708. The number of imidazole rings is 1. The van der Waals surface area contributed by atoms with Crippen molar-refractivity contribution in [3.05, 3.63) is 83.9 Å². The van der Waals surface area contributed by atoms with Crippen molar-refractivity contribution in [2.24, 2.45) is 0 Å². The van der Waals surface area contributed by atoms with Gasteiger partial charge < -0.3 is 9.30 Å². The Kier molecular flexibility index (Phi) is 4.12. The van der Waals surface area contributed by atoms with Crippen LogP contribution >= 0.6 is 0 Å². The number of hydrogen-bond acceptors (Lipinski definition) is 3. The monoisotopic (exact) mass is 339 g/mol. The minimum Gasteiger partial charge on any atom is -0.497 e. The number of rotatable bonds is 4. The Hall–Kier alpha value is -3.58. The summed E-state index contributed by atoms with van der Waals surface area (Å²) in [7, 11) is 1.67. The second-order valence-electron chi connectivity index (χ2n) is 6.05. The second kappa shape index (κ2) is 6.73. The zero-order valence-electron chi connectivity index (χ0n) is 14.4. The summed E-state index contributed by atoms with van der Waals surface area (Å²) >= 11 is 0. The van der Waals surface area contributed by atoms with Crippen LogP contribution in [0.1, 0.15) is 11.1 Å². The summed E-state index contributed by atoms with van der Waals surface area (Å²) in [5, 5.41) is 9.04. The van der Waals surface area contributed by atoms with E-state index >= 15 is 0 Å². The molecule has 4 rings (SSSR count). The van der Waals surface area contributed by atoms with E-state index in [9.17, 15) is 0 Å². The number of nitriles is 1. The first kappa shape index (κ1) is 15.9. The zero-order valence-corrected chi connectivity index (χ0v) is 14.4. The van der Waals surface area contributed by atoms with E-state index in [4.69, 9.17) is 15.0 Å². The minimum atomic E-state index is 0.640. The first-order chi connectivity index (χ1) is 12.8. The number of aromatic nitrogens is 2. The Morgan fingerprint density at radius 2 is 1.77 bits per heavy atom. The predicted molar refractivity (Wildman–Crippen MR) is 102 cm³/mol. The Morgan fingerprint density at radius 3 is 2.46 bits per heavy atom. The van der Waals surface area contributed by atoms with Gasteiger partial charge in [0, 0.05) is 18.2 Å². The number of ether oxygens (including phenoxy) is 1. The van der Waals surface area contributed by atoms with Crippen molar-refractivity contribution in [1.82, 2.24) is 9.55 Å². The normalized spacial score (nSPS) is 10.6. The summed E-state index contributed by atoms with van der Waals surface area (Å²) < 4.78 is 7.58. The smallest absolute Gasteiger partial charge is 0.141 e. The van der Waals surface area contributed by atoms with Gasteiger partial charge in [-0.3, -0.25) is 0 Å². The minimum absolute atomic E-state index is 0.640. The number of hydrogen-bond donors (Lipinski definition) is 0. The Labute approximate surface area is 151 Å². The number of fused-ring (bicyclic) bond motifs is 1. The second-order valence-corrected chi connectivity index (χ2v) is 6.05. The fourth-order valence-corrected chi connectivity index (χ4v) is 3.07. The molecule has 0 N–H and O–H groups in total. The molecule has 4 nitrogen and oxygen atoms in total. The molecule has 0 bridgehead atoms. The highest BCUT2D eigenvalue weighted by molar-refractivity contribution is 5.82. The Morgan fingerprint density at radius 1 is 1.00 bits per heavy atom. The fourth-order valence-electron chi connectivity index (χ4n) is 3.07. The van der Waals surface area contributed by atoms with Gasteiger partial charge in [0.1, 0.15) is 11.6 Å². The molecule has 0 aliphatic carbocycles. The number of methoxy groups -OCH3 is 1. The van der Waals surface area contributed by atoms with Gasteiger partial charge in [-0.2, -0.15) is 5.26 Å². The first-order valence-electron chi connectivity index (χ1n) is 8.37. The highest BCUT2D eigenvalue weighted by Crippen LogP contribution is 2.28. The van der Waals surface area contributed by atoms with Crippen LogP contribution in [0.15, 0.2) is 72.8 Å². The van der Waals surface area contributed by atoms with Crippen LogP contribution in [-0.4, -0.2) is 16.7 Å². The van der Waals surface area contributed by atoms with E-state index in [1.54, 1.807) is 7.11 Å². The summed E-state index contributed by atoms with van der Waals surface area (Å²) in [5.74, 6) is 1.68. The maximum absolute atomic E-state index is 9.04. The van der Waals surface area contributed by atoms with Gasteiger partial charge in [0.05, 0.1) is 29.8 Å². The lowest BCUT2D eigenvalue weighted by molar-refractivity contribution is 0.415. The van der Waals surface area contributed by atoms with Crippen molar-refractivity contribution >= 4 is 11.0 Å². The Balaban J connectivity index is 1.90.